The Kier molecular flexibility index (Phi) is 7.15. The van der Waals surface area contributed by atoms with Crippen LogP contribution in [0.15, 0.2) is 71.9 Å². The summed E-state index contributed by atoms with van der Waals surface area (Å²) in [5, 5.41) is 2.99. The van der Waals surface area contributed by atoms with Crippen LogP contribution >= 0.6 is 0 Å². The molecule has 1 aliphatic rings. The second kappa shape index (κ2) is 10.2. The fourth-order valence-electron chi connectivity index (χ4n) is 4.11. The van der Waals surface area contributed by atoms with Crippen molar-refractivity contribution in [3.05, 3.63) is 78.2 Å². The Hall–Kier alpha value is -3.10. The summed E-state index contributed by atoms with van der Waals surface area (Å²) >= 11 is 0. The summed E-state index contributed by atoms with van der Waals surface area (Å²) in [5.41, 5.74) is 3.52. The third-order valence-corrected chi connectivity index (χ3v) is 7.47. The zero-order valence-corrected chi connectivity index (χ0v) is 19.4. The molecular formula is C25H28N4O3S. The summed E-state index contributed by atoms with van der Waals surface area (Å²) in [6.45, 7) is 2.40. The standard InChI is InChI=1S/C25H28N4O3S/c1-18-15-21(13-14-26-18)24-12-11-23(17-27-24)33(31,32)29-22-9-7-20(8-10-22)25(30)28-16-19-5-3-2-4-6-19/h2-6,11-15,17,20,22,29H,7-10,16H2,1H3,(H,28,30). The van der Waals surface area contributed by atoms with Gasteiger partial charge in [0, 0.05) is 42.2 Å². The molecular weight excluding hydrogens is 436 g/mol. The highest BCUT2D eigenvalue weighted by atomic mass is 32.2. The largest absolute Gasteiger partial charge is 0.352 e. The quantitative estimate of drug-likeness (QED) is 0.556. The van der Waals surface area contributed by atoms with E-state index in [0.717, 1.165) is 16.8 Å². The normalized spacial score (nSPS) is 18.6. The van der Waals surface area contributed by atoms with Crippen LogP contribution in [0.5, 0.6) is 0 Å². The molecule has 0 radical (unpaired) electrons. The van der Waals surface area contributed by atoms with Crippen molar-refractivity contribution in [1.82, 2.24) is 20.0 Å². The number of sulfonamides is 1. The average molecular weight is 465 g/mol. The number of hydrogen-bond donors (Lipinski definition) is 2. The fraction of sp³-hybridized carbons (Fsp3) is 0.320. The Morgan fingerprint density at radius 2 is 1.76 bits per heavy atom. The van der Waals surface area contributed by atoms with Crippen LogP contribution in [-0.2, 0) is 21.4 Å². The first-order valence-electron chi connectivity index (χ1n) is 11.1. The first-order valence-corrected chi connectivity index (χ1v) is 12.6. The molecule has 0 atom stereocenters. The number of rotatable bonds is 7. The molecule has 1 saturated carbocycles. The van der Waals surface area contributed by atoms with Gasteiger partial charge in [0.1, 0.15) is 4.90 Å². The van der Waals surface area contributed by atoms with Gasteiger partial charge in [-0.25, -0.2) is 13.1 Å². The zero-order chi connectivity index (χ0) is 23.3. The molecule has 0 unspecified atom stereocenters. The molecule has 172 valence electrons. The van der Waals surface area contributed by atoms with Gasteiger partial charge >= 0.3 is 0 Å². The molecule has 7 nitrogen and oxygen atoms in total. The van der Waals surface area contributed by atoms with Crippen molar-refractivity contribution in [2.24, 2.45) is 5.92 Å². The van der Waals surface area contributed by atoms with E-state index in [2.05, 4.69) is 20.0 Å². The predicted molar refractivity (Wildman–Crippen MR) is 127 cm³/mol. The van der Waals surface area contributed by atoms with Crippen LogP contribution in [0.2, 0.25) is 0 Å². The Labute approximate surface area is 194 Å². The third-order valence-electron chi connectivity index (χ3n) is 5.97. The summed E-state index contributed by atoms with van der Waals surface area (Å²) in [7, 11) is -3.68. The number of aromatic nitrogens is 2. The van der Waals surface area contributed by atoms with Crippen LogP contribution in [0.1, 0.15) is 36.9 Å². The maximum absolute atomic E-state index is 12.8. The molecule has 0 bridgehead atoms. The lowest BCUT2D eigenvalue weighted by Gasteiger charge is -2.28. The topological polar surface area (TPSA) is 101 Å². The number of amides is 1. The lowest BCUT2D eigenvalue weighted by atomic mass is 9.86. The number of benzene rings is 1. The lowest BCUT2D eigenvalue weighted by molar-refractivity contribution is -0.126. The second-order valence-electron chi connectivity index (χ2n) is 8.44. The fourth-order valence-corrected chi connectivity index (χ4v) is 5.35. The molecule has 1 fully saturated rings. The smallest absolute Gasteiger partial charge is 0.242 e. The molecule has 2 aromatic heterocycles. The molecule has 0 saturated heterocycles. The van der Waals surface area contributed by atoms with E-state index in [0.29, 0.717) is 37.9 Å². The van der Waals surface area contributed by atoms with E-state index in [1.54, 1.807) is 18.3 Å². The van der Waals surface area contributed by atoms with E-state index in [-0.39, 0.29) is 22.8 Å². The average Bonchev–Trinajstić information content (AvgIpc) is 2.83. The maximum atomic E-state index is 12.8. The summed E-state index contributed by atoms with van der Waals surface area (Å²) < 4.78 is 28.5. The summed E-state index contributed by atoms with van der Waals surface area (Å²) in [4.78, 5) is 21.1. The van der Waals surface area contributed by atoms with Gasteiger partial charge in [-0.05, 0) is 62.4 Å². The van der Waals surface area contributed by atoms with Crippen molar-refractivity contribution in [1.29, 1.82) is 0 Å². The van der Waals surface area contributed by atoms with Gasteiger partial charge in [0.25, 0.3) is 0 Å². The van der Waals surface area contributed by atoms with Crippen LogP contribution in [0.25, 0.3) is 11.3 Å². The first kappa shape index (κ1) is 23.1. The van der Waals surface area contributed by atoms with Crippen molar-refractivity contribution in [2.75, 3.05) is 0 Å². The van der Waals surface area contributed by atoms with Crippen molar-refractivity contribution < 1.29 is 13.2 Å². The highest BCUT2D eigenvalue weighted by Gasteiger charge is 2.29. The van der Waals surface area contributed by atoms with Gasteiger partial charge in [0.15, 0.2) is 0 Å². The second-order valence-corrected chi connectivity index (χ2v) is 10.2. The number of nitrogens with one attached hydrogen (secondary N) is 2. The van der Waals surface area contributed by atoms with E-state index >= 15 is 0 Å². The molecule has 2 heterocycles. The number of carbonyl (C=O) groups is 1. The van der Waals surface area contributed by atoms with Gasteiger partial charge < -0.3 is 5.32 Å². The van der Waals surface area contributed by atoms with Crippen molar-refractivity contribution in [3.63, 3.8) is 0 Å². The minimum Gasteiger partial charge on any atom is -0.352 e. The number of carbonyl (C=O) groups excluding carboxylic acids is 1. The molecule has 0 spiro atoms. The molecule has 33 heavy (non-hydrogen) atoms. The Morgan fingerprint density at radius 1 is 1.00 bits per heavy atom. The number of nitrogens with zero attached hydrogens (tertiary/aromatic N) is 2. The minimum atomic E-state index is -3.68. The van der Waals surface area contributed by atoms with Crippen LogP contribution in [0, 0.1) is 12.8 Å². The van der Waals surface area contributed by atoms with Gasteiger partial charge in [-0.15, -0.1) is 0 Å². The van der Waals surface area contributed by atoms with Gasteiger partial charge in [-0.2, -0.15) is 0 Å². The van der Waals surface area contributed by atoms with Crippen LogP contribution in [0.3, 0.4) is 0 Å². The molecule has 1 aromatic carbocycles. The summed E-state index contributed by atoms with van der Waals surface area (Å²) in [5.74, 6) is -0.0504. The highest BCUT2D eigenvalue weighted by Crippen LogP contribution is 2.26. The summed E-state index contributed by atoms with van der Waals surface area (Å²) in [6.07, 6.45) is 5.67. The van der Waals surface area contributed by atoms with E-state index in [1.807, 2.05) is 49.4 Å². The van der Waals surface area contributed by atoms with E-state index in [9.17, 15) is 13.2 Å². The van der Waals surface area contributed by atoms with E-state index < -0.39 is 10.0 Å². The van der Waals surface area contributed by atoms with Crippen LogP contribution in [-0.4, -0.2) is 30.3 Å². The Bertz CT molecular complexity index is 1190. The third kappa shape index (κ3) is 6.03. The van der Waals surface area contributed by atoms with Crippen molar-refractivity contribution in [3.8, 4) is 11.3 Å². The SMILES string of the molecule is Cc1cc(-c2ccc(S(=O)(=O)NC3CCC(C(=O)NCc4ccccc4)CC3)cn2)ccn1. The number of pyridine rings is 2. The highest BCUT2D eigenvalue weighted by molar-refractivity contribution is 7.89. The molecule has 3 aromatic rings. The van der Waals surface area contributed by atoms with Crippen molar-refractivity contribution in [2.45, 2.75) is 50.1 Å². The molecule has 1 amide bonds. The molecule has 0 aliphatic heterocycles. The maximum Gasteiger partial charge on any atom is 0.242 e. The predicted octanol–water partition coefficient (Wildman–Crippen LogP) is 3.61. The van der Waals surface area contributed by atoms with Crippen LogP contribution in [0.4, 0.5) is 0 Å². The summed E-state index contributed by atoms with van der Waals surface area (Å²) in [6, 6.07) is 16.6. The zero-order valence-electron chi connectivity index (χ0n) is 18.6. The first-order chi connectivity index (χ1) is 15.9. The lowest BCUT2D eigenvalue weighted by Crippen LogP contribution is -2.40. The van der Waals surface area contributed by atoms with Gasteiger partial charge in [-0.3, -0.25) is 14.8 Å². The van der Waals surface area contributed by atoms with Crippen molar-refractivity contribution >= 4 is 15.9 Å². The monoisotopic (exact) mass is 464 g/mol. The van der Waals surface area contributed by atoms with Gasteiger partial charge in [0.2, 0.25) is 15.9 Å². The minimum absolute atomic E-state index is 0.0336. The Balaban J connectivity index is 1.30. The van der Waals surface area contributed by atoms with Gasteiger partial charge in [-0.1, -0.05) is 30.3 Å². The number of hydrogen-bond acceptors (Lipinski definition) is 5. The molecule has 2 N–H and O–H groups in total. The van der Waals surface area contributed by atoms with Gasteiger partial charge in [0.05, 0.1) is 5.69 Å². The molecule has 8 heteroatoms. The molecule has 4 rings (SSSR count). The van der Waals surface area contributed by atoms with E-state index in [4.69, 9.17) is 0 Å². The van der Waals surface area contributed by atoms with E-state index in [1.165, 1.54) is 6.20 Å². The Morgan fingerprint density at radius 3 is 2.42 bits per heavy atom. The number of aryl methyl sites for hydroxylation is 1. The molecule has 1 aliphatic carbocycles. The van der Waals surface area contributed by atoms with Crippen LogP contribution < -0.4 is 10.0 Å².